The highest BCUT2D eigenvalue weighted by molar-refractivity contribution is 7.98. The van der Waals surface area contributed by atoms with Crippen LogP contribution in [0.15, 0.2) is 41.2 Å². The van der Waals surface area contributed by atoms with Gasteiger partial charge in [0, 0.05) is 30.1 Å². The molecular formula is C15H16N4OS. The fraction of sp³-hybridized carbons (Fsp3) is 0.200. The summed E-state index contributed by atoms with van der Waals surface area (Å²) in [6.45, 7) is 6.00. The number of aromatic nitrogens is 3. The summed E-state index contributed by atoms with van der Waals surface area (Å²) < 4.78 is 1.53. The highest BCUT2D eigenvalue weighted by Crippen LogP contribution is 2.34. The standard InChI is InChI=1S/C13H12N4OS.C2H4/c1-14-13-15-10-8-5-4-7(19-3)6-9(8)12(18)11(10)16-17(13)2;1-2/h4-6H,1-3H3;1-2H2. The second-order valence-electron chi connectivity index (χ2n) is 4.20. The minimum Gasteiger partial charge on any atom is -0.287 e. The molecule has 1 aliphatic carbocycles. The van der Waals surface area contributed by atoms with Crippen LogP contribution >= 0.6 is 11.8 Å². The van der Waals surface area contributed by atoms with E-state index >= 15 is 0 Å². The zero-order chi connectivity index (χ0) is 15.6. The summed E-state index contributed by atoms with van der Waals surface area (Å²) >= 11 is 1.61. The zero-order valence-corrected chi connectivity index (χ0v) is 13.1. The average molecular weight is 300 g/mol. The Morgan fingerprint density at radius 3 is 2.57 bits per heavy atom. The second kappa shape index (κ2) is 6.05. The molecule has 3 rings (SSSR count). The molecule has 6 heteroatoms. The molecule has 0 aliphatic heterocycles. The van der Waals surface area contributed by atoms with Gasteiger partial charge in [0.15, 0.2) is 5.69 Å². The highest BCUT2D eigenvalue weighted by atomic mass is 32.2. The maximum absolute atomic E-state index is 12.4. The normalized spacial score (nSPS) is 12.5. The number of benzene rings is 1. The Balaban J connectivity index is 0.000000774. The first kappa shape index (κ1) is 15.2. The molecule has 0 radical (unpaired) electrons. The van der Waals surface area contributed by atoms with Crippen molar-refractivity contribution in [3.8, 4) is 11.3 Å². The van der Waals surface area contributed by atoms with Gasteiger partial charge in [0.05, 0.1) is 0 Å². The molecule has 5 nitrogen and oxygen atoms in total. The van der Waals surface area contributed by atoms with Crippen LogP contribution in [0.3, 0.4) is 0 Å². The van der Waals surface area contributed by atoms with Gasteiger partial charge in [-0.3, -0.25) is 9.79 Å². The van der Waals surface area contributed by atoms with Crippen molar-refractivity contribution in [2.24, 2.45) is 12.0 Å². The molecule has 1 heterocycles. The molecule has 1 aromatic carbocycles. The Morgan fingerprint density at radius 1 is 1.24 bits per heavy atom. The van der Waals surface area contributed by atoms with Crippen molar-refractivity contribution in [1.82, 2.24) is 14.8 Å². The number of thioether (sulfide) groups is 1. The van der Waals surface area contributed by atoms with Crippen molar-refractivity contribution in [3.05, 3.63) is 48.2 Å². The summed E-state index contributed by atoms with van der Waals surface area (Å²) in [6, 6.07) is 5.82. The lowest BCUT2D eigenvalue weighted by Crippen LogP contribution is -2.26. The first-order valence-electron chi connectivity index (χ1n) is 6.27. The molecule has 0 bridgehead atoms. The predicted molar refractivity (Wildman–Crippen MR) is 84.4 cm³/mol. The maximum Gasteiger partial charge on any atom is 0.241 e. The number of aryl methyl sites for hydroxylation is 1. The number of ketones is 1. The van der Waals surface area contributed by atoms with Gasteiger partial charge in [-0.15, -0.1) is 24.9 Å². The van der Waals surface area contributed by atoms with E-state index in [0.717, 1.165) is 10.5 Å². The smallest absolute Gasteiger partial charge is 0.241 e. The van der Waals surface area contributed by atoms with E-state index in [-0.39, 0.29) is 5.78 Å². The molecule has 108 valence electrons. The fourth-order valence-corrected chi connectivity index (χ4v) is 2.61. The largest absolute Gasteiger partial charge is 0.287 e. The summed E-state index contributed by atoms with van der Waals surface area (Å²) in [5.74, 6) is -0.0633. The van der Waals surface area contributed by atoms with Gasteiger partial charge < -0.3 is 0 Å². The topological polar surface area (TPSA) is 60.1 Å². The number of carbonyl (C=O) groups is 1. The molecule has 0 atom stereocenters. The van der Waals surface area contributed by atoms with Crippen LogP contribution in [-0.4, -0.2) is 33.9 Å². The molecule has 0 spiro atoms. The monoisotopic (exact) mass is 300 g/mol. The van der Waals surface area contributed by atoms with E-state index in [2.05, 4.69) is 28.2 Å². The Labute approximate surface area is 127 Å². The minimum absolute atomic E-state index is 0.0633. The number of nitrogens with zero attached hydrogens (tertiary/aromatic N) is 4. The van der Waals surface area contributed by atoms with Gasteiger partial charge in [0.1, 0.15) is 5.69 Å². The van der Waals surface area contributed by atoms with Gasteiger partial charge in [0.2, 0.25) is 11.4 Å². The number of carbonyl (C=O) groups excluding carboxylic acids is 1. The molecule has 0 amide bonds. The van der Waals surface area contributed by atoms with E-state index < -0.39 is 0 Å². The van der Waals surface area contributed by atoms with Crippen LogP contribution in [0.25, 0.3) is 11.3 Å². The van der Waals surface area contributed by atoms with Crippen LogP contribution in [0, 0.1) is 0 Å². The summed E-state index contributed by atoms with van der Waals surface area (Å²) in [5, 5.41) is 4.28. The van der Waals surface area contributed by atoms with Crippen molar-refractivity contribution in [1.29, 1.82) is 0 Å². The van der Waals surface area contributed by atoms with Crippen LogP contribution in [-0.2, 0) is 7.05 Å². The van der Waals surface area contributed by atoms with Crippen molar-refractivity contribution in [2.75, 3.05) is 13.3 Å². The number of fused-ring (bicyclic) bond motifs is 3. The third kappa shape index (κ3) is 2.42. The number of hydrogen-bond donors (Lipinski definition) is 0. The maximum atomic E-state index is 12.4. The lowest BCUT2D eigenvalue weighted by molar-refractivity contribution is 0.103. The van der Waals surface area contributed by atoms with E-state index in [1.54, 1.807) is 25.9 Å². The van der Waals surface area contributed by atoms with E-state index in [1.807, 2.05) is 24.5 Å². The molecule has 2 aromatic rings. The predicted octanol–water partition coefficient (Wildman–Crippen LogP) is 2.08. The van der Waals surface area contributed by atoms with Crippen LogP contribution in [0.4, 0.5) is 0 Å². The first-order chi connectivity index (χ1) is 10.2. The first-order valence-corrected chi connectivity index (χ1v) is 7.49. The second-order valence-corrected chi connectivity index (χ2v) is 5.08. The van der Waals surface area contributed by atoms with Crippen molar-refractivity contribution in [3.63, 3.8) is 0 Å². The SMILES string of the molecule is C=C.CN=c1nc2c(nn1C)C(=O)c1cc(SC)ccc1-2. The van der Waals surface area contributed by atoms with Crippen molar-refractivity contribution >= 4 is 17.5 Å². The Kier molecular flexibility index (Phi) is 4.37. The minimum atomic E-state index is -0.0633. The van der Waals surface area contributed by atoms with Gasteiger partial charge in [-0.1, -0.05) is 6.07 Å². The molecule has 0 unspecified atom stereocenters. The van der Waals surface area contributed by atoms with E-state index in [1.165, 1.54) is 4.68 Å². The molecule has 1 aromatic heterocycles. The van der Waals surface area contributed by atoms with Gasteiger partial charge in [-0.2, -0.15) is 5.10 Å². The molecular weight excluding hydrogens is 284 g/mol. The number of hydrogen-bond acceptors (Lipinski definition) is 5. The molecule has 0 saturated heterocycles. The third-order valence-corrected chi connectivity index (χ3v) is 3.84. The highest BCUT2D eigenvalue weighted by Gasteiger charge is 2.30. The molecule has 0 saturated carbocycles. The van der Waals surface area contributed by atoms with Crippen LogP contribution in [0.5, 0.6) is 0 Å². The summed E-state index contributed by atoms with van der Waals surface area (Å²) in [6.07, 6.45) is 1.98. The molecule has 1 aliphatic rings. The van der Waals surface area contributed by atoms with E-state index in [0.29, 0.717) is 22.6 Å². The van der Waals surface area contributed by atoms with Gasteiger partial charge in [-0.05, 0) is 18.4 Å². The van der Waals surface area contributed by atoms with Crippen molar-refractivity contribution < 1.29 is 4.79 Å². The fourth-order valence-electron chi connectivity index (χ4n) is 2.18. The Morgan fingerprint density at radius 2 is 1.95 bits per heavy atom. The van der Waals surface area contributed by atoms with Gasteiger partial charge in [-0.25, -0.2) is 9.67 Å². The third-order valence-electron chi connectivity index (χ3n) is 3.12. The molecule has 21 heavy (non-hydrogen) atoms. The van der Waals surface area contributed by atoms with Crippen LogP contribution in [0.1, 0.15) is 16.1 Å². The molecule has 0 fully saturated rings. The van der Waals surface area contributed by atoms with E-state index in [9.17, 15) is 4.79 Å². The Hall–Kier alpha value is -2.21. The summed E-state index contributed by atoms with van der Waals surface area (Å²) in [5.41, 5.74) is 3.06. The van der Waals surface area contributed by atoms with Gasteiger partial charge >= 0.3 is 0 Å². The lowest BCUT2D eigenvalue weighted by atomic mass is 10.1. The summed E-state index contributed by atoms with van der Waals surface area (Å²) in [7, 11) is 3.39. The van der Waals surface area contributed by atoms with Gasteiger partial charge in [0.25, 0.3) is 0 Å². The van der Waals surface area contributed by atoms with E-state index in [4.69, 9.17) is 0 Å². The zero-order valence-electron chi connectivity index (χ0n) is 12.3. The average Bonchev–Trinajstić information content (AvgIpc) is 2.80. The van der Waals surface area contributed by atoms with Crippen LogP contribution < -0.4 is 5.62 Å². The summed E-state index contributed by atoms with van der Waals surface area (Å²) in [4.78, 5) is 21.9. The van der Waals surface area contributed by atoms with Crippen LogP contribution in [0.2, 0.25) is 0 Å². The van der Waals surface area contributed by atoms with Crippen molar-refractivity contribution in [2.45, 2.75) is 4.90 Å². The lowest BCUT2D eigenvalue weighted by Gasteiger charge is -2.02. The molecule has 0 N–H and O–H groups in total. The Bertz CT molecular complexity index is 780. The number of rotatable bonds is 1. The quantitative estimate of drug-likeness (QED) is 0.510.